The van der Waals surface area contributed by atoms with E-state index in [-0.39, 0.29) is 0 Å². The molecule has 2 N–H and O–H groups in total. The molecule has 0 saturated carbocycles. The van der Waals surface area contributed by atoms with Crippen LogP contribution >= 0.6 is 0 Å². The number of rotatable bonds is 8. The van der Waals surface area contributed by atoms with Crippen LogP contribution in [-0.2, 0) is 0 Å². The van der Waals surface area contributed by atoms with Crippen molar-refractivity contribution in [3.05, 3.63) is 11.9 Å². The zero-order valence-electron chi connectivity index (χ0n) is 13.0. The van der Waals surface area contributed by atoms with Crippen molar-refractivity contribution >= 4 is 11.6 Å². The Bertz CT molecular complexity index is 376. The summed E-state index contributed by atoms with van der Waals surface area (Å²) in [7, 11) is 0. The van der Waals surface area contributed by atoms with Gasteiger partial charge < -0.3 is 10.6 Å². The first-order valence-electron chi connectivity index (χ1n) is 7.36. The van der Waals surface area contributed by atoms with Gasteiger partial charge in [-0.1, -0.05) is 20.8 Å². The van der Waals surface area contributed by atoms with Crippen molar-refractivity contribution in [2.75, 3.05) is 17.2 Å². The number of hydrogen-bond donors (Lipinski definition) is 2. The lowest BCUT2D eigenvalue weighted by atomic mass is 10.0. The minimum absolute atomic E-state index is 0.440. The van der Waals surface area contributed by atoms with Gasteiger partial charge in [0.2, 0.25) is 0 Å². The van der Waals surface area contributed by atoms with Crippen molar-refractivity contribution in [2.24, 2.45) is 5.92 Å². The molecule has 1 atom stereocenters. The molecule has 19 heavy (non-hydrogen) atoms. The SMILES string of the molecule is CCCNc1ncnc(NC(C)CCC(C)C)c1C. The van der Waals surface area contributed by atoms with Crippen molar-refractivity contribution in [2.45, 2.75) is 59.9 Å². The Morgan fingerprint density at radius 1 is 1.11 bits per heavy atom. The number of anilines is 2. The highest BCUT2D eigenvalue weighted by molar-refractivity contribution is 5.56. The molecule has 1 aromatic heterocycles. The number of hydrogen-bond acceptors (Lipinski definition) is 4. The first-order chi connectivity index (χ1) is 9.04. The Morgan fingerprint density at radius 2 is 1.79 bits per heavy atom. The average Bonchev–Trinajstić information content (AvgIpc) is 2.37. The first kappa shape index (κ1) is 15.7. The van der Waals surface area contributed by atoms with E-state index < -0.39 is 0 Å². The van der Waals surface area contributed by atoms with Gasteiger partial charge in [-0.2, -0.15) is 0 Å². The van der Waals surface area contributed by atoms with Crippen LogP contribution < -0.4 is 10.6 Å². The molecular formula is C15H28N4. The van der Waals surface area contributed by atoms with Crippen LogP contribution in [0.3, 0.4) is 0 Å². The molecule has 108 valence electrons. The van der Waals surface area contributed by atoms with E-state index in [0.29, 0.717) is 6.04 Å². The topological polar surface area (TPSA) is 49.8 Å². The van der Waals surface area contributed by atoms with Gasteiger partial charge in [0.1, 0.15) is 18.0 Å². The molecule has 0 amide bonds. The highest BCUT2D eigenvalue weighted by Crippen LogP contribution is 2.20. The monoisotopic (exact) mass is 264 g/mol. The van der Waals surface area contributed by atoms with Gasteiger partial charge in [-0.3, -0.25) is 0 Å². The summed E-state index contributed by atoms with van der Waals surface area (Å²) >= 11 is 0. The van der Waals surface area contributed by atoms with Gasteiger partial charge in [-0.15, -0.1) is 0 Å². The summed E-state index contributed by atoms with van der Waals surface area (Å²) in [6.45, 7) is 11.9. The lowest BCUT2D eigenvalue weighted by molar-refractivity contribution is 0.527. The Hall–Kier alpha value is -1.32. The van der Waals surface area contributed by atoms with Crippen LogP contribution in [0.15, 0.2) is 6.33 Å². The normalized spacial score (nSPS) is 12.5. The minimum Gasteiger partial charge on any atom is -0.370 e. The van der Waals surface area contributed by atoms with Crippen LogP contribution in [0.1, 0.15) is 52.5 Å². The maximum atomic E-state index is 4.35. The summed E-state index contributed by atoms with van der Waals surface area (Å²) in [6.07, 6.45) is 5.12. The van der Waals surface area contributed by atoms with E-state index in [4.69, 9.17) is 0 Å². The molecular weight excluding hydrogens is 236 g/mol. The van der Waals surface area contributed by atoms with Gasteiger partial charge in [-0.25, -0.2) is 9.97 Å². The quantitative estimate of drug-likeness (QED) is 0.749. The molecule has 4 heteroatoms. The molecule has 1 rings (SSSR count). The third kappa shape index (κ3) is 5.45. The molecule has 0 radical (unpaired) electrons. The second kappa shape index (κ2) is 7.97. The highest BCUT2D eigenvalue weighted by atomic mass is 15.1. The van der Waals surface area contributed by atoms with Crippen molar-refractivity contribution in [3.63, 3.8) is 0 Å². The third-order valence-corrected chi connectivity index (χ3v) is 3.19. The van der Waals surface area contributed by atoms with Gasteiger partial charge in [-0.05, 0) is 39.0 Å². The predicted molar refractivity (Wildman–Crippen MR) is 82.7 cm³/mol. The van der Waals surface area contributed by atoms with Crippen molar-refractivity contribution in [1.29, 1.82) is 0 Å². The molecule has 1 heterocycles. The van der Waals surface area contributed by atoms with Gasteiger partial charge in [0.25, 0.3) is 0 Å². The first-order valence-corrected chi connectivity index (χ1v) is 7.36. The van der Waals surface area contributed by atoms with E-state index in [0.717, 1.165) is 36.1 Å². The van der Waals surface area contributed by atoms with E-state index in [2.05, 4.69) is 55.2 Å². The van der Waals surface area contributed by atoms with Crippen LogP contribution in [0.25, 0.3) is 0 Å². The van der Waals surface area contributed by atoms with Crippen molar-refractivity contribution < 1.29 is 0 Å². The van der Waals surface area contributed by atoms with E-state index >= 15 is 0 Å². The summed E-state index contributed by atoms with van der Waals surface area (Å²) in [4.78, 5) is 8.65. The van der Waals surface area contributed by atoms with E-state index in [1.165, 1.54) is 12.8 Å². The second-order valence-electron chi connectivity index (χ2n) is 5.64. The molecule has 0 aliphatic heterocycles. The second-order valence-corrected chi connectivity index (χ2v) is 5.64. The van der Waals surface area contributed by atoms with Gasteiger partial charge in [0.15, 0.2) is 0 Å². The molecule has 0 aromatic carbocycles. The number of nitrogens with one attached hydrogen (secondary N) is 2. The molecule has 0 bridgehead atoms. The molecule has 0 spiro atoms. The highest BCUT2D eigenvalue weighted by Gasteiger charge is 2.09. The predicted octanol–water partition coefficient (Wildman–Crippen LogP) is 3.84. The van der Waals surface area contributed by atoms with Crippen molar-refractivity contribution in [3.8, 4) is 0 Å². The van der Waals surface area contributed by atoms with Crippen LogP contribution in [0.2, 0.25) is 0 Å². The average molecular weight is 264 g/mol. The molecule has 1 aromatic rings. The van der Waals surface area contributed by atoms with Crippen LogP contribution in [-0.4, -0.2) is 22.6 Å². The van der Waals surface area contributed by atoms with Crippen LogP contribution in [0, 0.1) is 12.8 Å². The van der Waals surface area contributed by atoms with Gasteiger partial charge in [0, 0.05) is 18.2 Å². The molecule has 4 nitrogen and oxygen atoms in total. The number of nitrogens with zero attached hydrogens (tertiary/aromatic N) is 2. The molecule has 0 aliphatic rings. The summed E-state index contributed by atoms with van der Waals surface area (Å²) < 4.78 is 0. The minimum atomic E-state index is 0.440. The Balaban J connectivity index is 2.62. The zero-order valence-corrected chi connectivity index (χ0v) is 13.0. The number of aromatic nitrogens is 2. The zero-order chi connectivity index (χ0) is 14.3. The molecule has 0 aliphatic carbocycles. The van der Waals surface area contributed by atoms with Crippen LogP contribution in [0.5, 0.6) is 0 Å². The van der Waals surface area contributed by atoms with E-state index in [9.17, 15) is 0 Å². The van der Waals surface area contributed by atoms with E-state index in [1.807, 2.05) is 0 Å². The summed E-state index contributed by atoms with van der Waals surface area (Å²) in [5, 5.41) is 6.83. The van der Waals surface area contributed by atoms with E-state index in [1.54, 1.807) is 6.33 Å². The molecule has 1 unspecified atom stereocenters. The third-order valence-electron chi connectivity index (χ3n) is 3.19. The maximum Gasteiger partial charge on any atom is 0.134 e. The summed E-state index contributed by atoms with van der Waals surface area (Å²) in [5.41, 5.74) is 1.10. The van der Waals surface area contributed by atoms with Gasteiger partial charge >= 0.3 is 0 Å². The summed E-state index contributed by atoms with van der Waals surface area (Å²) in [5.74, 6) is 2.64. The Kier molecular flexibility index (Phi) is 6.60. The largest absolute Gasteiger partial charge is 0.370 e. The Morgan fingerprint density at radius 3 is 2.42 bits per heavy atom. The van der Waals surface area contributed by atoms with Gasteiger partial charge in [0.05, 0.1) is 0 Å². The lowest BCUT2D eigenvalue weighted by Gasteiger charge is -2.18. The molecule has 0 saturated heterocycles. The van der Waals surface area contributed by atoms with Crippen molar-refractivity contribution in [1.82, 2.24) is 9.97 Å². The smallest absolute Gasteiger partial charge is 0.134 e. The Labute approximate surface area is 117 Å². The lowest BCUT2D eigenvalue weighted by Crippen LogP contribution is -2.18. The maximum absolute atomic E-state index is 4.35. The fourth-order valence-corrected chi connectivity index (χ4v) is 1.91. The summed E-state index contributed by atoms with van der Waals surface area (Å²) in [6, 6.07) is 0.440. The van der Waals surface area contributed by atoms with Crippen LogP contribution in [0.4, 0.5) is 11.6 Å². The fraction of sp³-hybridized carbons (Fsp3) is 0.733. The molecule has 0 fully saturated rings. The fourth-order valence-electron chi connectivity index (χ4n) is 1.91. The standard InChI is InChI=1S/C15H28N4/c1-6-9-16-14-13(5)15(18-10-17-14)19-12(4)8-7-11(2)3/h10-12H,6-9H2,1-5H3,(H2,16,17,18,19).